The molecule has 1 amide bonds. The molecule has 3 nitrogen and oxygen atoms in total. The number of amides is 1. The first-order valence-corrected chi connectivity index (χ1v) is 8.10. The SMILES string of the molecule is CCc1ccc(-c2csc(NC(=O)CC(C)(C)C)n2)cc1. The number of aromatic nitrogens is 1. The van der Waals surface area contributed by atoms with Crippen LogP contribution in [-0.2, 0) is 11.2 Å². The Morgan fingerprint density at radius 2 is 1.90 bits per heavy atom. The summed E-state index contributed by atoms with van der Waals surface area (Å²) in [5.41, 5.74) is 3.29. The Morgan fingerprint density at radius 3 is 2.48 bits per heavy atom. The highest BCUT2D eigenvalue weighted by Crippen LogP contribution is 2.26. The van der Waals surface area contributed by atoms with Crippen molar-refractivity contribution in [3.8, 4) is 11.3 Å². The van der Waals surface area contributed by atoms with Gasteiger partial charge in [0.05, 0.1) is 5.69 Å². The first-order chi connectivity index (χ1) is 9.87. The van der Waals surface area contributed by atoms with E-state index in [1.165, 1.54) is 16.9 Å². The third-order valence-electron chi connectivity index (χ3n) is 3.10. The maximum Gasteiger partial charge on any atom is 0.226 e. The Kier molecular flexibility index (Phi) is 4.78. The molecular weight excluding hydrogens is 280 g/mol. The molecule has 0 saturated carbocycles. The Bertz CT molecular complexity index is 608. The molecule has 21 heavy (non-hydrogen) atoms. The third kappa shape index (κ3) is 4.67. The molecule has 1 N–H and O–H groups in total. The summed E-state index contributed by atoms with van der Waals surface area (Å²) < 4.78 is 0. The van der Waals surface area contributed by atoms with Crippen molar-refractivity contribution in [3.63, 3.8) is 0 Å². The van der Waals surface area contributed by atoms with Crippen molar-refractivity contribution in [3.05, 3.63) is 35.2 Å². The summed E-state index contributed by atoms with van der Waals surface area (Å²) in [6.45, 7) is 8.29. The molecule has 0 aliphatic heterocycles. The summed E-state index contributed by atoms with van der Waals surface area (Å²) in [6.07, 6.45) is 1.53. The number of anilines is 1. The molecule has 0 atom stereocenters. The second-order valence-corrected chi connectivity index (χ2v) is 7.23. The van der Waals surface area contributed by atoms with E-state index in [1.807, 2.05) is 5.38 Å². The maximum atomic E-state index is 11.9. The van der Waals surface area contributed by atoms with E-state index in [2.05, 4.69) is 62.3 Å². The summed E-state index contributed by atoms with van der Waals surface area (Å²) in [4.78, 5) is 16.4. The largest absolute Gasteiger partial charge is 0.302 e. The Morgan fingerprint density at radius 1 is 1.24 bits per heavy atom. The zero-order valence-corrected chi connectivity index (χ0v) is 13.9. The van der Waals surface area contributed by atoms with Gasteiger partial charge in [0.15, 0.2) is 5.13 Å². The van der Waals surface area contributed by atoms with Gasteiger partial charge in [-0.1, -0.05) is 52.0 Å². The molecule has 1 aromatic carbocycles. The minimum atomic E-state index is -0.0137. The molecule has 1 heterocycles. The molecule has 2 aromatic rings. The van der Waals surface area contributed by atoms with E-state index in [9.17, 15) is 4.79 Å². The number of thiazole rings is 1. The van der Waals surface area contributed by atoms with Gasteiger partial charge in [-0.25, -0.2) is 4.98 Å². The number of nitrogens with one attached hydrogen (secondary N) is 1. The van der Waals surface area contributed by atoms with E-state index in [1.54, 1.807) is 0 Å². The van der Waals surface area contributed by atoms with Gasteiger partial charge in [0.1, 0.15) is 0 Å². The lowest BCUT2D eigenvalue weighted by Gasteiger charge is -2.16. The molecule has 1 aromatic heterocycles. The lowest BCUT2D eigenvalue weighted by atomic mass is 9.92. The second-order valence-electron chi connectivity index (χ2n) is 6.37. The van der Waals surface area contributed by atoms with E-state index in [4.69, 9.17) is 0 Å². The van der Waals surface area contributed by atoms with Crippen LogP contribution in [0.15, 0.2) is 29.6 Å². The van der Waals surface area contributed by atoms with Gasteiger partial charge < -0.3 is 5.32 Å². The van der Waals surface area contributed by atoms with Crippen molar-refractivity contribution in [2.75, 3.05) is 5.32 Å². The van der Waals surface area contributed by atoms with Crippen LogP contribution < -0.4 is 5.32 Å². The summed E-state index contributed by atoms with van der Waals surface area (Å²) >= 11 is 1.47. The van der Waals surface area contributed by atoms with E-state index in [0.29, 0.717) is 11.6 Å². The van der Waals surface area contributed by atoms with Gasteiger partial charge in [-0.15, -0.1) is 11.3 Å². The standard InChI is InChI=1S/C17H22N2OS/c1-5-12-6-8-13(9-7-12)14-11-21-16(18-14)19-15(20)10-17(2,3)4/h6-9,11H,5,10H2,1-4H3,(H,18,19,20). The van der Waals surface area contributed by atoms with Crippen LogP contribution in [0, 0.1) is 5.41 Å². The smallest absolute Gasteiger partial charge is 0.226 e. The van der Waals surface area contributed by atoms with E-state index in [-0.39, 0.29) is 11.3 Å². The zero-order chi connectivity index (χ0) is 15.5. The molecule has 0 radical (unpaired) electrons. The van der Waals surface area contributed by atoms with Crippen molar-refractivity contribution in [1.29, 1.82) is 0 Å². The fraction of sp³-hybridized carbons (Fsp3) is 0.412. The summed E-state index contributed by atoms with van der Waals surface area (Å²) in [7, 11) is 0. The molecule has 0 fully saturated rings. The second kappa shape index (κ2) is 6.39. The topological polar surface area (TPSA) is 42.0 Å². The lowest BCUT2D eigenvalue weighted by Crippen LogP contribution is -2.19. The van der Waals surface area contributed by atoms with Crippen LogP contribution in [0.4, 0.5) is 5.13 Å². The molecule has 0 unspecified atom stereocenters. The van der Waals surface area contributed by atoms with Crippen molar-refractivity contribution in [1.82, 2.24) is 4.98 Å². The van der Waals surface area contributed by atoms with Crippen molar-refractivity contribution in [2.24, 2.45) is 5.41 Å². The molecule has 0 bridgehead atoms. The Labute approximate surface area is 130 Å². The third-order valence-corrected chi connectivity index (χ3v) is 3.86. The minimum absolute atomic E-state index is 0.0137. The number of nitrogens with zero attached hydrogens (tertiary/aromatic N) is 1. The van der Waals surface area contributed by atoms with E-state index in [0.717, 1.165) is 17.7 Å². The molecule has 4 heteroatoms. The minimum Gasteiger partial charge on any atom is -0.302 e. The predicted octanol–water partition coefficient (Wildman–Crippen LogP) is 4.75. The van der Waals surface area contributed by atoms with Crippen LogP contribution in [0.3, 0.4) is 0 Å². The van der Waals surface area contributed by atoms with Gasteiger partial charge >= 0.3 is 0 Å². The number of benzene rings is 1. The Balaban J connectivity index is 2.05. The summed E-state index contributed by atoms with van der Waals surface area (Å²) in [5, 5.41) is 5.53. The number of carbonyl (C=O) groups is 1. The van der Waals surface area contributed by atoms with Gasteiger partial charge in [-0.2, -0.15) is 0 Å². The van der Waals surface area contributed by atoms with Crippen molar-refractivity contribution < 1.29 is 4.79 Å². The fourth-order valence-corrected chi connectivity index (χ4v) is 2.76. The zero-order valence-electron chi connectivity index (χ0n) is 13.1. The number of hydrogen-bond donors (Lipinski definition) is 1. The first kappa shape index (κ1) is 15.7. The van der Waals surface area contributed by atoms with Crippen LogP contribution in [0.5, 0.6) is 0 Å². The molecule has 2 rings (SSSR count). The highest BCUT2D eigenvalue weighted by atomic mass is 32.1. The summed E-state index contributed by atoms with van der Waals surface area (Å²) in [6, 6.07) is 8.39. The Hall–Kier alpha value is -1.68. The first-order valence-electron chi connectivity index (χ1n) is 7.22. The monoisotopic (exact) mass is 302 g/mol. The van der Waals surface area contributed by atoms with Crippen molar-refractivity contribution in [2.45, 2.75) is 40.5 Å². The average Bonchev–Trinajstić information content (AvgIpc) is 2.85. The van der Waals surface area contributed by atoms with Gasteiger partial charge in [-0.05, 0) is 17.4 Å². The van der Waals surface area contributed by atoms with Crippen LogP contribution in [0.1, 0.15) is 39.7 Å². The fourth-order valence-electron chi connectivity index (χ4n) is 2.02. The molecule has 112 valence electrons. The van der Waals surface area contributed by atoms with Gasteiger partial charge in [0.25, 0.3) is 0 Å². The highest BCUT2D eigenvalue weighted by molar-refractivity contribution is 7.14. The van der Waals surface area contributed by atoms with E-state index >= 15 is 0 Å². The van der Waals surface area contributed by atoms with Gasteiger partial charge in [-0.3, -0.25) is 4.79 Å². The van der Waals surface area contributed by atoms with Gasteiger partial charge in [0.2, 0.25) is 5.91 Å². The lowest BCUT2D eigenvalue weighted by molar-refractivity contribution is -0.117. The quantitative estimate of drug-likeness (QED) is 0.885. The molecule has 0 aliphatic carbocycles. The summed E-state index contributed by atoms with van der Waals surface area (Å²) in [5.74, 6) is 0.0183. The molecular formula is C17H22N2OS. The van der Waals surface area contributed by atoms with Crippen LogP contribution in [0.2, 0.25) is 0 Å². The van der Waals surface area contributed by atoms with Crippen LogP contribution in [-0.4, -0.2) is 10.9 Å². The number of carbonyl (C=O) groups excluding carboxylic acids is 1. The maximum absolute atomic E-state index is 11.9. The molecule has 0 aliphatic rings. The number of hydrogen-bond acceptors (Lipinski definition) is 3. The van der Waals surface area contributed by atoms with Crippen LogP contribution >= 0.6 is 11.3 Å². The number of rotatable bonds is 4. The molecule has 0 saturated heterocycles. The van der Waals surface area contributed by atoms with Crippen molar-refractivity contribution >= 4 is 22.4 Å². The normalized spacial score (nSPS) is 11.4. The highest BCUT2D eigenvalue weighted by Gasteiger charge is 2.17. The average molecular weight is 302 g/mol. The molecule has 0 spiro atoms. The predicted molar refractivity (Wildman–Crippen MR) is 89.6 cm³/mol. The van der Waals surface area contributed by atoms with Gasteiger partial charge in [0, 0.05) is 17.4 Å². The van der Waals surface area contributed by atoms with E-state index < -0.39 is 0 Å². The number of aryl methyl sites for hydroxylation is 1. The van der Waals surface area contributed by atoms with Crippen LogP contribution in [0.25, 0.3) is 11.3 Å².